The fourth-order valence-electron chi connectivity index (χ4n) is 4.34. The molecule has 2 fully saturated rings. The molecule has 6 nitrogen and oxygen atoms in total. The highest BCUT2D eigenvalue weighted by Crippen LogP contribution is 2.30. The van der Waals surface area contributed by atoms with Crippen LogP contribution in [0.4, 0.5) is 0 Å². The van der Waals surface area contributed by atoms with Gasteiger partial charge < -0.3 is 19.3 Å². The maximum absolute atomic E-state index is 12.9. The predicted molar refractivity (Wildman–Crippen MR) is 108 cm³/mol. The summed E-state index contributed by atoms with van der Waals surface area (Å²) in [4.78, 5) is 29.2. The molecule has 0 aromatic heterocycles. The highest BCUT2D eigenvalue weighted by molar-refractivity contribution is 5.95. The van der Waals surface area contributed by atoms with E-state index < -0.39 is 0 Å². The van der Waals surface area contributed by atoms with E-state index in [0.29, 0.717) is 49.7 Å². The average molecular weight is 389 g/mol. The lowest BCUT2D eigenvalue weighted by Crippen LogP contribution is -2.50. The molecule has 1 aliphatic carbocycles. The van der Waals surface area contributed by atoms with E-state index in [1.165, 1.54) is 25.7 Å². The minimum atomic E-state index is -0.0466. The Kier molecular flexibility index (Phi) is 6.81. The second-order valence-electron chi connectivity index (χ2n) is 7.87. The fraction of sp³-hybridized carbons (Fsp3) is 0.636. The van der Waals surface area contributed by atoms with Gasteiger partial charge in [0, 0.05) is 43.7 Å². The van der Waals surface area contributed by atoms with E-state index >= 15 is 0 Å². The molecule has 2 aliphatic rings. The first-order valence-electron chi connectivity index (χ1n) is 10.3. The molecule has 28 heavy (non-hydrogen) atoms. The van der Waals surface area contributed by atoms with Gasteiger partial charge in [0.05, 0.1) is 14.2 Å². The highest BCUT2D eigenvalue weighted by Gasteiger charge is 2.26. The molecule has 0 bridgehead atoms. The molecule has 3 rings (SSSR count). The summed E-state index contributed by atoms with van der Waals surface area (Å²) < 4.78 is 10.8. The van der Waals surface area contributed by atoms with Gasteiger partial charge in [0.1, 0.15) is 11.5 Å². The minimum Gasteiger partial charge on any atom is -0.496 e. The standard InChI is InChI=1S/C22H32N2O4/c1-16-19(27-2)14-18(15-20(16)28-3)22(26)24-12-10-23(11-13-24)21(25)9-8-17-6-4-5-7-17/h14-15,17H,4-13H2,1-3H3. The van der Waals surface area contributed by atoms with Gasteiger partial charge in [-0.05, 0) is 31.4 Å². The third kappa shape index (κ3) is 4.59. The normalized spacial score (nSPS) is 17.7. The van der Waals surface area contributed by atoms with Gasteiger partial charge in [-0.3, -0.25) is 9.59 Å². The average Bonchev–Trinajstić information content (AvgIpc) is 3.25. The van der Waals surface area contributed by atoms with Crippen molar-refractivity contribution in [3.63, 3.8) is 0 Å². The van der Waals surface area contributed by atoms with Crippen LogP contribution in [-0.4, -0.2) is 62.0 Å². The number of ether oxygens (including phenoxy) is 2. The van der Waals surface area contributed by atoms with Crippen molar-refractivity contribution in [1.29, 1.82) is 0 Å². The minimum absolute atomic E-state index is 0.0466. The SMILES string of the molecule is COc1cc(C(=O)N2CCN(C(=O)CCC3CCCC3)CC2)cc(OC)c1C. The quantitative estimate of drug-likeness (QED) is 0.750. The number of methoxy groups -OCH3 is 2. The lowest BCUT2D eigenvalue weighted by Gasteiger charge is -2.35. The fourth-order valence-corrected chi connectivity index (χ4v) is 4.34. The van der Waals surface area contributed by atoms with Crippen molar-refractivity contribution in [2.75, 3.05) is 40.4 Å². The van der Waals surface area contributed by atoms with Crippen molar-refractivity contribution in [1.82, 2.24) is 9.80 Å². The molecular weight excluding hydrogens is 356 g/mol. The molecule has 2 amide bonds. The van der Waals surface area contributed by atoms with Crippen molar-refractivity contribution in [2.24, 2.45) is 5.92 Å². The Morgan fingerprint density at radius 1 is 0.964 bits per heavy atom. The van der Waals surface area contributed by atoms with Crippen LogP contribution in [0.2, 0.25) is 0 Å². The number of carbonyl (C=O) groups excluding carboxylic acids is 2. The Bertz CT molecular complexity index is 679. The summed E-state index contributed by atoms with van der Waals surface area (Å²) in [6.45, 7) is 4.24. The number of benzene rings is 1. The molecule has 1 aromatic rings. The summed E-state index contributed by atoms with van der Waals surface area (Å²) >= 11 is 0. The topological polar surface area (TPSA) is 59.1 Å². The molecule has 1 aliphatic heterocycles. The Balaban J connectivity index is 1.55. The van der Waals surface area contributed by atoms with E-state index in [1.807, 2.05) is 16.7 Å². The Morgan fingerprint density at radius 3 is 2.04 bits per heavy atom. The lowest BCUT2D eigenvalue weighted by molar-refractivity contribution is -0.133. The first-order valence-corrected chi connectivity index (χ1v) is 10.3. The van der Waals surface area contributed by atoms with Crippen molar-refractivity contribution in [3.05, 3.63) is 23.3 Å². The van der Waals surface area contributed by atoms with Gasteiger partial charge in [-0.1, -0.05) is 25.7 Å². The zero-order valence-corrected chi connectivity index (χ0v) is 17.3. The smallest absolute Gasteiger partial charge is 0.254 e. The first kappa shape index (κ1) is 20.5. The second-order valence-corrected chi connectivity index (χ2v) is 7.87. The van der Waals surface area contributed by atoms with Gasteiger partial charge in [0.2, 0.25) is 5.91 Å². The van der Waals surface area contributed by atoms with Crippen LogP contribution in [0.1, 0.15) is 54.4 Å². The number of hydrogen-bond acceptors (Lipinski definition) is 4. The molecule has 6 heteroatoms. The van der Waals surface area contributed by atoms with Gasteiger partial charge in [-0.2, -0.15) is 0 Å². The van der Waals surface area contributed by atoms with Gasteiger partial charge in [0.25, 0.3) is 5.91 Å². The summed E-state index contributed by atoms with van der Waals surface area (Å²) in [7, 11) is 3.18. The van der Waals surface area contributed by atoms with E-state index in [0.717, 1.165) is 17.9 Å². The van der Waals surface area contributed by atoms with Crippen molar-refractivity contribution in [3.8, 4) is 11.5 Å². The predicted octanol–water partition coefficient (Wildman–Crippen LogP) is 3.27. The molecule has 1 aromatic carbocycles. The maximum Gasteiger partial charge on any atom is 0.254 e. The molecule has 1 saturated carbocycles. The summed E-state index contributed by atoms with van der Waals surface area (Å²) in [5.74, 6) is 2.21. The van der Waals surface area contributed by atoms with Gasteiger partial charge >= 0.3 is 0 Å². The Hall–Kier alpha value is -2.24. The molecule has 0 spiro atoms. The van der Waals surface area contributed by atoms with Crippen molar-refractivity contribution in [2.45, 2.75) is 45.4 Å². The number of piperazine rings is 1. The third-order valence-electron chi connectivity index (χ3n) is 6.16. The molecule has 0 unspecified atom stereocenters. The number of amides is 2. The number of rotatable bonds is 6. The molecule has 0 radical (unpaired) electrons. The lowest BCUT2D eigenvalue weighted by atomic mass is 10.0. The molecule has 1 heterocycles. The monoisotopic (exact) mass is 388 g/mol. The number of hydrogen-bond donors (Lipinski definition) is 0. The van der Waals surface area contributed by atoms with Gasteiger partial charge in [-0.15, -0.1) is 0 Å². The van der Waals surface area contributed by atoms with Crippen LogP contribution in [-0.2, 0) is 4.79 Å². The number of nitrogens with zero attached hydrogens (tertiary/aromatic N) is 2. The molecule has 0 N–H and O–H groups in total. The third-order valence-corrected chi connectivity index (χ3v) is 6.16. The molecule has 154 valence electrons. The van der Waals surface area contributed by atoms with E-state index in [4.69, 9.17) is 9.47 Å². The van der Waals surface area contributed by atoms with Crippen LogP contribution in [0, 0.1) is 12.8 Å². The van der Waals surface area contributed by atoms with Crippen LogP contribution in [0.5, 0.6) is 11.5 Å². The maximum atomic E-state index is 12.9. The Labute approximate surface area is 167 Å². The summed E-state index contributed by atoms with van der Waals surface area (Å²) in [5.41, 5.74) is 1.43. The summed E-state index contributed by atoms with van der Waals surface area (Å²) in [6.07, 6.45) is 6.84. The molecular formula is C22H32N2O4. The zero-order chi connectivity index (χ0) is 20.1. The highest BCUT2D eigenvalue weighted by atomic mass is 16.5. The van der Waals surface area contributed by atoms with E-state index in [-0.39, 0.29) is 11.8 Å². The summed E-state index contributed by atoms with van der Waals surface area (Å²) in [5, 5.41) is 0. The van der Waals surface area contributed by atoms with Crippen LogP contribution >= 0.6 is 0 Å². The second kappa shape index (κ2) is 9.30. The number of carbonyl (C=O) groups is 2. The van der Waals surface area contributed by atoms with E-state index in [2.05, 4.69) is 0 Å². The molecule has 0 atom stereocenters. The largest absolute Gasteiger partial charge is 0.496 e. The van der Waals surface area contributed by atoms with Crippen LogP contribution in [0.3, 0.4) is 0 Å². The zero-order valence-electron chi connectivity index (χ0n) is 17.3. The van der Waals surface area contributed by atoms with Gasteiger partial charge in [-0.25, -0.2) is 0 Å². The van der Waals surface area contributed by atoms with E-state index in [1.54, 1.807) is 26.4 Å². The summed E-state index contributed by atoms with van der Waals surface area (Å²) in [6, 6.07) is 3.53. The first-order chi connectivity index (χ1) is 13.5. The van der Waals surface area contributed by atoms with Crippen LogP contribution < -0.4 is 9.47 Å². The van der Waals surface area contributed by atoms with E-state index in [9.17, 15) is 9.59 Å². The van der Waals surface area contributed by atoms with Crippen molar-refractivity contribution < 1.29 is 19.1 Å². The van der Waals surface area contributed by atoms with Crippen LogP contribution in [0.25, 0.3) is 0 Å². The van der Waals surface area contributed by atoms with Crippen LogP contribution in [0.15, 0.2) is 12.1 Å². The van der Waals surface area contributed by atoms with Gasteiger partial charge in [0.15, 0.2) is 0 Å². The Morgan fingerprint density at radius 2 is 1.50 bits per heavy atom. The van der Waals surface area contributed by atoms with Crippen molar-refractivity contribution >= 4 is 11.8 Å². The molecule has 1 saturated heterocycles.